The third-order valence-electron chi connectivity index (χ3n) is 2.60. The van der Waals surface area contributed by atoms with Gasteiger partial charge in [0.05, 0.1) is 12.7 Å². The van der Waals surface area contributed by atoms with Crippen LogP contribution in [0.25, 0.3) is 0 Å². The largest absolute Gasteiger partial charge is 0.468 e. The van der Waals surface area contributed by atoms with Crippen molar-refractivity contribution < 1.29 is 23.1 Å². The van der Waals surface area contributed by atoms with Gasteiger partial charge in [0, 0.05) is 0 Å². The number of carbonyl (C=O) groups is 2. The van der Waals surface area contributed by atoms with Crippen LogP contribution in [-0.4, -0.2) is 18.9 Å². The van der Waals surface area contributed by atoms with Crippen LogP contribution < -0.4 is 0 Å². The average molecular weight is 256 g/mol. The molecule has 0 N–H and O–H groups in total. The summed E-state index contributed by atoms with van der Waals surface area (Å²) >= 11 is 0. The first-order valence-corrected chi connectivity index (χ1v) is 5.45. The van der Waals surface area contributed by atoms with Gasteiger partial charge in [0.25, 0.3) is 0 Å². The third-order valence-corrected chi connectivity index (χ3v) is 2.60. The topological polar surface area (TPSA) is 43.4 Å². The minimum Gasteiger partial charge on any atom is -0.468 e. The Hall–Kier alpha value is -1.78. The van der Waals surface area contributed by atoms with Crippen LogP contribution in [0.5, 0.6) is 0 Å². The summed E-state index contributed by atoms with van der Waals surface area (Å²) in [5.41, 5.74) is -0.431. The number of hydrogen-bond donors (Lipinski definition) is 0. The number of rotatable bonds is 4. The molecule has 0 saturated carbocycles. The van der Waals surface area contributed by atoms with Crippen LogP contribution in [0.15, 0.2) is 18.2 Å². The Morgan fingerprint density at radius 1 is 1.22 bits per heavy atom. The molecule has 0 aliphatic carbocycles. The second-order valence-electron chi connectivity index (χ2n) is 4.23. The second kappa shape index (κ2) is 5.71. The highest BCUT2D eigenvalue weighted by Crippen LogP contribution is 2.21. The molecule has 0 radical (unpaired) electrons. The van der Waals surface area contributed by atoms with Crippen molar-refractivity contribution in [1.82, 2.24) is 0 Å². The van der Waals surface area contributed by atoms with Crippen molar-refractivity contribution in [2.45, 2.75) is 13.8 Å². The number of halogens is 2. The highest BCUT2D eigenvalue weighted by atomic mass is 19.1. The fraction of sp³-hybridized carbons (Fsp3) is 0.385. The van der Waals surface area contributed by atoms with Crippen LogP contribution in [0.2, 0.25) is 0 Å². The Balaban J connectivity index is 3.17. The minimum absolute atomic E-state index is 0.368. The van der Waals surface area contributed by atoms with Gasteiger partial charge in [-0.3, -0.25) is 9.59 Å². The van der Waals surface area contributed by atoms with Crippen molar-refractivity contribution in [1.29, 1.82) is 0 Å². The molecule has 1 atom stereocenters. The molecule has 98 valence electrons. The summed E-state index contributed by atoms with van der Waals surface area (Å²) < 4.78 is 31.0. The molecule has 1 aromatic rings. The summed E-state index contributed by atoms with van der Waals surface area (Å²) in [4.78, 5) is 23.6. The fourth-order valence-electron chi connectivity index (χ4n) is 1.66. The molecule has 5 heteroatoms. The van der Waals surface area contributed by atoms with E-state index in [1.807, 2.05) is 0 Å². The Bertz CT molecular complexity index is 469. The average Bonchev–Trinajstić information content (AvgIpc) is 2.31. The molecule has 0 spiro atoms. The fourth-order valence-corrected chi connectivity index (χ4v) is 1.66. The van der Waals surface area contributed by atoms with Crippen LogP contribution in [0.3, 0.4) is 0 Å². The van der Waals surface area contributed by atoms with Crippen molar-refractivity contribution in [3.05, 3.63) is 35.4 Å². The van der Waals surface area contributed by atoms with E-state index in [0.717, 1.165) is 25.3 Å². The van der Waals surface area contributed by atoms with E-state index in [1.54, 1.807) is 13.8 Å². The van der Waals surface area contributed by atoms with Gasteiger partial charge in [-0.25, -0.2) is 8.78 Å². The van der Waals surface area contributed by atoms with Crippen LogP contribution in [-0.2, 0) is 9.53 Å². The van der Waals surface area contributed by atoms with Crippen molar-refractivity contribution in [3.63, 3.8) is 0 Å². The maximum atomic E-state index is 13.5. The van der Waals surface area contributed by atoms with Gasteiger partial charge in [-0.2, -0.15) is 0 Å². The summed E-state index contributed by atoms with van der Waals surface area (Å²) in [6.07, 6.45) is 0. The molecule has 1 unspecified atom stereocenters. The zero-order valence-electron chi connectivity index (χ0n) is 10.4. The molecule has 0 heterocycles. The molecule has 1 rings (SSSR count). The lowest BCUT2D eigenvalue weighted by Crippen LogP contribution is -2.30. The van der Waals surface area contributed by atoms with Crippen molar-refractivity contribution in [2.24, 2.45) is 11.8 Å². The van der Waals surface area contributed by atoms with E-state index in [-0.39, 0.29) is 5.92 Å². The van der Waals surface area contributed by atoms with E-state index in [2.05, 4.69) is 4.74 Å². The zero-order valence-corrected chi connectivity index (χ0v) is 10.4. The molecular weight excluding hydrogens is 242 g/mol. The van der Waals surface area contributed by atoms with E-state index in [9.17, 15) is 18.4 Å². The zero-order chi connectivity index (χ0) is 13.9. The molecule has 18 heavy (non-hydrogen) atoms. The van der Waals surface area contributed by atoms with E-state index >= 15 is 0 Å². The Labute approximate surface area is 104 Å². The number of benzene rings is 1. The normalized spacial score (nSPS) is 12.3. The third kappa shape index (κ3) is 2.91. The highest BCUT2D eigenvalue weighted by Gasteiger charge is 2.33. The SMILES string of the molecule is COC(=O)C(C(=O)c1cc(F)ccc1F)C(C)C. The number of carbonyl (C=O) groups excluding carboxylic acids is 2. The number of hydrogen-bond acceptors (Lipinski definition) is 3. The molecule has 0 aromatic heterocycles. The summed E-state index contributed by atoms with van der Waals surface area (Å²) in [7, 11) is 1.15. The molecule has 3 nitrogen and oxygen atoms in total. The lowest BCUT2D eigenvalue weighted by atomic mass is 9.88. The molecule has 0 bridgehead atoms. The van der Waals surface area contributed by atoms with E-state index in [0.29, 0.717) is 0 Å². The monoisotopic (exact) mass is 256 g/mol. The summed E-state index contributed by atoms with van der Waals surface area (Å²) in [5.74, 6) is -4.60. The van der Waals surface area contributed by atoms with Crippen LogP contribution in [0.4, 0.5) is 8.78 Å². The van der Waals surface area contributed by atoms with Gasteiger partial charge in [-0.1, -0.05) is 13.8 Å². The van der Waals surface area contributed by atoms with Crippen molar-refractivity contribution >= 4 is 11.8 Å². The first kappa shape index (κ1) is 14.3. The number of ketones is 1. The molecule has 0 amide bonds. The van der Waals surface area contributed by atoms with Gasteiger partial charge >= 0.3 is 5.97 Å². The lowest BCUT2D eigenvalue weighted by molar-refractivity contribution is -0.144. The minimum atomic E-state index is -1.13. The van der Waals surface area contributed by atoms with Gasteiger partial charge in [-0.05, 0) is 24.1 Å². The lowest BCUT2D eigenvalue weighted by Gasteiger charge is -2.17. The summed E-state index contributed by atoms with van der Waals surface area (Å²) in [5, 5.41) is 0. The van der Waals surface area contributed by atoms with Gasteiger partial charge < -0.3 is 4.74 Å². The summed E-state index contributed by atoms with van der Waals surface area (Å²) in [6.45, 7) is 3.27. The van der Waals surface area contributed by atoms with Crippen LogP contribution in [0, 0.1) is 23.5 Å². The molecular formula is C13H14F2O3. The quantitative estimate of drug-likeness (QED) is 0.472. The summed E-state index contributed by atoms with van der Waals surface area (Å²) in [6, 6.07) is 2.56. The van der Waals surface area contributed by atoms with E-state index in [4.69, 9.17) is 0 Å². The maximum absolute atomic E-state index is 13.5. The van der Waals surface area contributed by atoms with Gasteiger partial charge in [0.15, 0.2) is 5.78 Å². The second-order valence-corrected chi connectivity index (χ2v) is 4.23. The van der Waals surface area contributed by atoms with Crippen molar-refractivity contribution in [2.75, 3.05) is 7.11 Å². The number of ether oxygens (including phenoxy) is 1. The Morgan fingerprint density at radius 2 is 1.83 bits per heavy atom. The molecule has 0 fully saturated rings. The van der Waals surface area contributed by atoms with Crippen LogP contribution >= 0.6 is 0 Å². The maximum Gasteiger partial charge on any atom is 0.316 e. The smallest absolute Gasteiger partial charge is 0.316 e. The predicted octanol–water partition coefficient (Wildman–Crippen LogP) is 2.59. The van der Waals surface area contributed by atoms with E-state index < -0.39 is 34.9 Å². The number of Topliss-reactive ketones (excluding diaryl/α,β-unsaturated/α-hetero) is 1. The van der Waals surface area contributed by atoms with Crippen LogP contribution in [0.1, 0.15) is 24.2 Å². The van der Waals surface area contributed by atoms with Crippen molar-refractivity contribution in [3.8, 4) is 0 Å². The Kier molecular flexibility index (Phi) is 4.53. The standard InChI is InChI=1S/C13H14F2O3/c1-7(2)11(13(17)18-3)12(16)9-6-8(14)4-5-10(9)15/h4-7,11H,1-3H3. The Morgan fingerprint density at radius 3 is 2.33 bits per heavy atom. The predicted molar refractivity (Wildman–Crippen MR) is 61.0 cm³/mol. The molecule has 0 aliphatic rings. The number of esters is 1. The van der Waals surface area contributed by atoms with E-state index in [1.165, 1.54) is 0 Å². The van der Waals surface area contributed by atoms with Gasteiger partial charge in [0.1, 0.15) is 17.6 Å². The number of methoxy groups -OCH3 is 1. The first-order chi connectivity index (χ1) is 8.38. The van der Waals surface area contributed by atoms with Gasteiger partial charge in [-0.15, -0.1) is 0 Å². The molecule has 0 aliphatic heterocycles. The van der Waals surface area contributed by atoms with Gasteiger partial charge in [0.2, 0.25) is 0 Å². The first-order valence-electron chi connectivity index (χ1n) is 5.45. The highest BCUT2D eigenvalue weighted by molar-refractivity contribution is 6.08. The molecule has 1 aromatic carbocycles. The molecule has 0 saturated heterocycles.